The molecule has 1 fully saturated rings. The smallest absolute Gasteiger partial charge is 0.410 e. The van der Waals surface area contributed by atoms with Crippen molar-refractivity contribution in [2.75, 3.05) is 26.3 Å². The Bertz CT molecular complexity index is 342. The molecule has 5 nitrogen and oxygen atoms in total. The van der Waals surface area contributed by atoms with Crippen LogP contribution >= 0.6 is 0 Å². The van der Waals surface area contributed by atoms with Gasteiger partial charge in [-0.15, -0.1) is 0 Å². The number of hydrogen-bond acceptors (Lipinski definition) is 4. The maximum Gasteiger partial charge on any atom is 0.410 e. The van der Waals surface area contributed by atoms with Gasteiger partial charge in [0.25, 0.3) is 0 Å². The molecule has 1 amide bonds. The zero-order valence-electron chi connectivity index (χ0n) is 15.7. The lowest BCUT2D eigenvalue weighted by Gasteiger charge is -2.30. The van der Waals surface area contributed by atoms with Gasteiger partial charge in [0, 0.05) is 31.8 Å². The number of nitrogens with zero attached hydrogens (tertiary/aromatic N) is 1. The van der Waals surface area contributed by atoms with E-state index in [1.807, 2.05) is 25.7 Å². The molecule has 0 saturated carbocycles. The molecule has 5 heteroatoms. The van der Waals surface area contributed by atoms with E-state index < -0.39 is 5.60 Å². The average Bonchev–Trinajstić information content (AvgIpc) is 2.89. The van der Waals surface area contributed by atoms with E-state index in [0.717, 1.165) is 58.4 Å². The van der Waals surface area contributed by atoms with Crippen LogP contribution < -0.4 is 5.32 Å². The minimum Gasteiger partial charge on any atom is -0.444 e. The highest BCUT2D eigenvalue weighted by molar-refractivity contribution is 5.68. The van der Waals surface area contributed by atoms with E-state index in [0.29, 0.717) is 12.1 Å². The van der Waals surface area contributed by atoms with Crippen LogP contribution in [0.1, 0.15) is 66.7 Å². The molecule has 136 valence electrons. The fourth-order valence-electron chi connectivity index (χ4n) is 2.90. The molecule has 0 radical (unpaired) electrons. The molecule has 1 N–H and O–H groups in total. The van der Waals surface area contributed by atoms with E-state index in [2.05, 4.69) is 19.2 Å². The van der Waals surface area contributed by atoms with Gasteiger partial charge in [-0.05, 0) is 66.3 Å². The highest BCUT2D eigenvalue weighted by atomic mass is 16.6. The second kappa shape index (κ2) is 10.1. The topological polar surface area (TPSA) is 50.8 Å². The molecule has 23 heavy (non-hydrogen) atoms. The number of nitrogens with one attached hydrogen (secondary N) is 1. The van der Waals surface area contributed by atoms with E-state index in [1.54, 1.807) is 0 Å². The zero-order valence-corrected chi connectivity index (χ0v) is 15.7. The molecule has 1 saturated heterocycles. The summed E-state index contributed by atoms with van der Waals surface area (Å²) in [6.07, 6.45) is 5.07. The van der Waals surface area contributed by atoms with Gasteiger partial charge in [0.2, 0.25) is 0 Å². The van der Waals surface area contributed by atoms with Gasteiger partial charge in [0.05, 0.1) is 0 Å². The normalized spacial score (nSPS) is 19.9. The number of carbonyl (C=O) groups excluding carboxylic acids is 1. The molecule has 0 aromatic carbocycles. The first-order chi connectivity index (χ1) is 10.8. The number of ether oxygens (including phenoxy) is 2. The van der Waals surface area contributed by atoms with Crippen LogP contribution in [0.2, 0.25) is 0 Å². The molecule has 0 bridgehead atoms. The highest BCUT2D eigenvalue weighted by Gasteiger charge is 2.32. The van der Waals surface area contributed by atoms with Crippen molar-refractivity contribution >= 4 is 6.09 Å². The van der Waals surface area contributed by atoms with E-state index in [-0.39, 0.29) is 6.09 Å². The molecule has 2 atom stereocenters. The van der Waals surface area contributed by atoms with Gasteiger partial charge in [-0.2, -0.15) is 0 Å². The number of rotatable bonds is 9. The van der Waals surface area contributed by atoms with Crippen LogP contribution in [-0.4, -0.2) is 55.0 Å². The lowest BCUT2D eigenvalue weighted by atomic mass is 10.1. The van der Waals surface area contributed by atoms with Gasteiger partial charge >= 0.3 is 6.09 Å². The lowest BCUT2D eigenvalue weighted by molar-refractivity contribution is 0.0214. The van der Waals surface area contributed by atoms with Crippen LogP contribution in [0.5, 0.6) is 0 Å². The third-order valence-electron chi connectivity index (χ3n) is 3.94. The van der Waals surface area contributed by atoms with Crippen LogP contribution in [0, 0.1) is 0 Å². The van der Waals surface area contributed by atoms with Crippen LogP contribution in [0.3, 0.4) is 0 Å². The fourth-order valence-corrected chi connectivity index (χ4v) is 2.90. The summed E-state index contributed by atoms with van der Waals surface area (Å²) in [4.78, 5) is 14.2. The molecule has 0 aliphatic carbocycles. The third-order valence-corrected chi connectivity index (χ3v) is 3.94. The number of amides is 1. The van der Waals surface area contributed by atoms with E-state index in [1.165, 1.54) is 0 Å². The van der Waals surface area contributed by atoms with Crippen molar-refractivity contribution in [3.8, 4) is 0 Å². The molecule has 1 heterocycles. The summed E-state index contributed by atoms with van der Waals surface area (Å²) in [7, 11) is 0. The Morgan fingerprint density at radius 3 is 2.74 bits per heavy atom. The molecular formula is C18H36N2O3. The Kier molecular flexibility index (Phi) is 8.92. The van der Waals surface area contributed by atoms with Crippen LogP contribution in [0.4, 0.5) is 4.79 Å². The number of carbonyl (C=O) groups is 1. The second-order valence-electron chi connectivity index (χ2n) is 7.53. The minimum absolute atomic E-state index is 0.167. The molecule has 2 unspecified atom stereocenters. The fraction of sp³-hybridized carbons (Fsp3) is 0.944. The summed E-state index contributed by atoms with van der Waals surface area (Å²) in [5.74, 6) is 0. The first-order valence-electron chi connectivity index (χ1n) is 9.14. The third kappa shape index (κ3) is 8.56. The highest BCUT2D eigenvalue weighted by Crippen LogP contribution is 2.24. The van der Waals surface area contributed by atoms with Crippen molar-refractivity contribution < 1.29 is 14.3 Å². The van der Waals surface area contributed by atoms with Crippen molar-refractivity contribution in [2.24, 2.45) is 0 Å². The van der Waals surface area contributed by atoms with E-state index in [4.69, 9.17) is 9.47 Å². The summed E-state index contributed by atoms with van der Waals surface area (Å²) in [5, 5.41) is 3.54. The van der Waals surface area contributed by atoms with E-state index >= 15 is 0 Å². The van der Waals surface area contributed by atoms with Crippen molar-refractivity contribution in [1.82, 2.24) is 10.2 Å². The molecular weight excluding hydrogens is 292 g/mol. The SMILES string of the molecule is CCCOCCCNC(C)CC1CCCN1C(=O)OC(C)(C)C. The van der Waals surface area contributed by atoms with Crippen LogP contribution in [0.25, 0.3) is 0 Å². The lowest BCUT2D eigenvalue weighted by Crippen LogP contribution is -2.42. The molecule has 1 aliphatic rings. The second-order valence-corrected chi connectivity index (χ2v) is 7.53. The largest absolute Gasteiger partial charge is 0.444 e. The quantitative estimate of drug-likeness (QED) is 0.657. The summed E-state index contributed by atoms with van der Waals surface area (Å²) in [5.41, 5.74) is -0.424. The summed E-state index contributed by atoms with van der Waals surface area (Å²) in [6.45, 7) is 13.5. The summed E-state index contributed by atoms with van der Waals surface area (Å²) < 4.78 is 11.0. The van der Waals surface area contributed by atoms with Crippen molar-refractivity contribution in [2.45, 2.75) is 84.4 Å². The maximum absolute atomic E-state index is 12.3. The number of hydrogen-bond donors (Lipinski definition) is 1. The van der Waals surface area contributed by atoms with Crippen molar-refractivity contribution in [1.29, 1.82) is 0 Å². The van der Waals surface area contributed by atoms with Gasteiger partial charge in [-0.25, -0.2) is 4.79 Å². The van der Waals surface area contributed by atoms with Gasteiger partial charge < -0.3 is 19.7 Å². The Hall–Kier alpha value is -0.810. The first-order valence-corrected chi connectivity index (χ1v) is 9.14. The molecule has 0 spiro atoms. The first kappa shape index (κ1) is 20.2. The molecule has 1 rings (SSSR count). The predicted octanol–water partition coefficient (Wildman–Crippen LogP) is 3.57. The van der Waals surface area contributed by atoms with Gasteiger partial charge in [0.15, 0.2) is 0 Å². The zero-order chi connectivity index (χ0) is 17.3. The van der Waals surface area contributed by atoms with Gasteiger partial charge in [0.1, 0.15) is 5.60 Å². The monoisotopic (exact) mass is 328 g/mol. The Labute approximate surface area is 142 Å². The van der Waals surface area contributed by atoms with E-state index in [9.17, 15) is 4.79 Å². The van der Waals surface area contributed by atoms with Crippen LogP contribution in [-0.2, 0) is 9.47 Å². The standard InChI is InChI=1S/C18H36N2O3/c1-6-12-22-13-8-10-19-15(2)14-16-9-7-11-20(16)17(21)23-18(3,4)5/h15-16,19H,6-14H2,1-5H3. The summed E-state index contributed by atoms with van der Waals surface area (Å²) >= 11 is 0. The maximum atomic E-state index is 12.3. The molecule has 0 aromatic rings. The molecule has 1 aliphatic heterocycles. The average molecular weight is 328 g/mol. The molecule has 0 aromatic heterocycles. The van der Waals surface area contributed by atoms with Crippen molar-refractivity contribution in [3.63, 3.8) is 0 Å². The minimum atomic E-state index is -0.424. The van der Waals surface area contributed by atoms with Crippen LogP contribution in [0.15, 0.2) is 0 Å². The number of likely N-dealkylation sites (tertiary alicyclic amines) is 1. The van der Waals surface area contributed by atoms with Crippen molar-refractivity contribution in [3.05, 3.63) is 0 Å². The van der Waals surface area contributed by atoms with Gasteiger partial charge in [-0.3, -0.25) is 0 Å². The Morgan fingerprint density at radius 2 is 2.09 bits per heavy atom. The van der Waals surface area contributed by atoms with Gasteiger partial charge in [-0.1, -0.05) is 6.92 Å². The Balaban J connectivity index is 2.27. The Morgan fingerprint density at radius 1 is 1.35 bits per heavy atom. The summed E-state index contributed by atoms with van der Waals surface area (Å²) in [6, 6.07) is 0.693. The predicted molar refractivity (Wildman–Crippen MR) is 93.8 cm³/mol.